The number of cyclic esters (lactones) is 1. The van der Waals surface area contributed by atoms with E-state index in [0.29, 0.717) is 73.8 Å². The van der Waals surface area contributed by atoms with Crippen LogP contribution in [0.5, 0.6) is 5.75 Å². The first kappa shape index (κ1) is 62.7. The molecule has 0 aromatic heterocycles. The van der Waals surface area contributed by atoms with Gasteiger partial charge < -0.3 is 51.4 Å². The summed E-state index contributed by atoms with van der Waals surface area (Å²) < 4.78 is 13.9. The zero-order valence-corrected chi connectivity index (χ0v) is 55.2. The first-order valence-electron chi connectivity index (χ1n) is 35.8. The lowest BCUT2D eigenvalue weighted by Crippen LogP contribution is -2.58. The average molecular weight is 1250 g/mol. The molecule has 5 fully saturated rings. The molecule has 12 nitrogen and oxygen atoms in total. The zero-order chi connectivity index (χ0) is 63.9. The van der Waals surface area contributed by atoms with Gasteiger partial charge in [-0.05, 0) is 245 Å². The number of carbonyl (C=O) groups excluding carboxylic acids is 2. The van der Waals surface area contributed by atoms with Crippen LogP contribution in [0.15, 0.2) is 144 Å². The van der Waals surface area contributed by atoms with Crippen molar-refractivity contribution in [1.82, 2.24) is 26.6 Å². The van der Waals surface area contributed by atoms with E-state index in [2.05, 4.69) is 156 Å². The molecular weight excluding hydrogens is 1150 g/mol. The van der Waals surface area contributed by atoms with Crippen LogP contribution in [-0.4, -0.2) is 77.9 Å². The van der Waals surface area contributed by atoms with Crippen LogP contribution in [0.4, 0.5) is 0 Å². The van der Waals surface area contributed by atoms with Gasteiger partial charge in [-0.25, -0.2) is 9.59 Å². The number of phenolic OH excluding ortho intramolecular Hbond substituents is 1. The number of piperidine rings is 1. The molecule has 6 heterocycles. The molecule has 2 spiro atoms. The molecule has 2 saturated heterocycles. The van der Waals surface area contributed by atoms with Crippen molar-refractivity contribution in [2.45, 2.75) is 179 Å². The molecule has 12 heteroatoms. The van der Waals surface area contributed by atoms with E-state index in [1.165, 1.54) is 22.3 Å². The second kappa shape index (κ2) is 25.0. The van der Waals surface area contributed by atoms with Gasteiger partial charge >= 0.3 is 11.9 Å². The van der Waals surface area contributed by atoms with Gasteiger partial charge in [0, 0.05) is 60.5 Å². The number of carbonyl (C=O) groups is 2. The summed E-state index contributed by atoms with van der Waals surface area (Å²) in [5.74, 6) is 7.63. The topological polar surface area (TPSA) is 173 Å². The van der Waals surface area contributed by atoms with E-state index in [9.17, 15) is 15.3 Å². The summed E-state index contributed by atoms with van der Waals surface area (Å²) in [4.78, 5) is 31.8. The van der Waals surface area contributed by atoms with Crippen molar-refractivity contribution in [3.63, 3.8) is 0 Å². The molecule has 93 heavy (non-hydrogen) atoms. The summed E-state index contributed by atoms with van der Waals surface area (Å²) >= 11 is 0. The van der Waals surface area contributed by atoms with Crippen molar-refractivity contribution >= 4 is 17.5 Å². The van der Waals surface area contributed by atoms with Gasteiger partial charge in [-0.1, -0.05) is 123 Å². The molecule has 17 rings (SSSR count). The molecule has 4 aromatic carbocycles. The highest BCUT2D eigenvalue weighted by Gasteiger charge is 2.73. The largest absolute Gasteiger partial charge is 0.508 e. The van der Waals surface area contributed by atoms with Crippen LogP contribution in [0.1, 0.15) is 175 Å². The summed E-state index contributed by atoms with van der Waals surface area (Å²) in [7, 11) is 2.06. The Hall–Kier alpha value is -6.40. The molecule has 4 aromatic rings. The average Bonchev–Trinajstić information content (AvgIpc) is 1.61. The third-order valence-corrected chi connectivity index (χ3v) is 25.0. The van der Waals surface area contributed by atoms with E-state index in [0.717, 1.165) is 143 Å². The first-order valence-corrected chi connectivity index (χ1v) is 35.8. The number of aromatic hydroxyl groups is 1. The van der Waals surface area contributed by atoms with Gasteiger partial charge in [-0.15, -0.1) is 0 Å². The molecule has 13 aliphatic rings. The van der Waals surface area contributed by atoms with Crippen LogP contribution in [0, 0.1) is 69.5 Å². The van der Waals surface area contributed by atoms with Crippen LogP contribution >= 0.6 is 0 Å². The van der Waals surface area contributed by atoms with Crippen LogP contribution in [-0.2, 0) is 38.4 Å². The number of rotatable bonds is 11. The molecule has 3 saturated carbocycles. The number of aliphatic hydroxyl groups is 2. The molecule has 0 amide bonds. The van der Waals surface area contributed by atoms with Crippen molar-refractivity contribution < 1.29 is 34.4 Å². The number of hydrogen-bond donors (Lipinski definition) is 8. The van der Waals surface area contributed by atoms with E-state index >= 15 is 9.59 Å². The monoisotopic (exact) mass is 1250 g/mol. The molecular formula is C81H97N5O7. The van der Waals surface area contributed by atoms with Gasteiger partial charge in [0.25, 0.3) is 0 Å². The fourth-order valence-corrected chi connectivity index (χ4v) is 20.6. The molecule has 14 unspecified atom stereocenters. The Balaban J connectivity index is 0.963. The van der Waals surface area contributed by atoms with Crippen LogP contribution < -0.4 is 26.6 Å². The van der Waals surface area contributed by atoms with Gasteiger partial charge in [-0.2, -0.15) is 0 Å². The Morgan fingerprint density at radius 1 is 0.817 bits per heavy atom. The third-order valence-electron chi connectivity index (χ3n) is 25.0. The fraction of sp³-hybridized carbons (Fsp3) is 0.531. The molecule has 14 atom stereocenters. The van der Waals surface area contributed by atoms with Crippen molar-refractivity contribution in [3.05, 3.63) is 177 Å². The van der Waals surface area contributed by atoms with Gasteiger partial charge in [0.2, 0.25) is 0 Å². The minimum absolute atomic E-state index is 0.0339. The Kier molecular flexibility index (Phi) is 16.8. The molecule has 14 bridgehead atoms. The summed E-state index contributed by atoms with van der Waals surface area (Å²) in [6.07, 6.45) is 24.7. The predicted octanol–water partition coefficient (Wildman–Crippen LogP) is 13.1. The SMILES string of the molecule is CCCNCc1cc2cc(c1)C1NCC(C)(O)CC#CC(C3(O)CCCC3)CC3CC(C4CCNC(NC)C4)(CC=C4OC(=O)C5=C4CCC46C=CC(NCC2)c2cccc(c2)-c2ccc(O)cc2C2=C7C(=O)OC(=CC(CC)Cc8ccccc8)C7(CCC24)C56)CC31. The van der Waals surface area contributed by atoms with E-state index in [-0.39, 0.29) is 70.9 Å². The maximum Gasteiger partial charge on any atom is 0.340 e. The number of ether oxygens (including phenoxy) is 2. The van der Waals surface area contributed by atoms with Gasteiger partial charge in [0.05, 0.1) is 34.4 Å². The lowest BCUT2D eigenvalue weighted by molar-refractivity contribution is -0.135. The highest BCUT2D eigenvalue weighted by molar-refractivity contribution is 6.08. The Bertz CT molecular complexity index is 3810. The number of nitrogens with one attached hydrogen (secondary N) is 5. The number of allylic oxidation sites excluding steroid dienone is 6. The summed E-state index contributed by atoms with van der Waals surface area (Å²) in [5, 5.41) is 56.4. The van der Waals surface area contributed by atoms with Crippen LogP contribution in [0.3, 0.4) is 0 Å². The maximum atomic E-state index is 16.0. The summed E-state index contributed by atoms with van der Waals surface area (Å²) in [6, 6.07) is 32.0. The Morgan fingerprint density at radius 2 is 1.68 bits per heavy atom. The van der Waals surface area contributed by atoms with Crippen LogP contribution in [0.2, 0.25) is 0 Å². The molecule has 6 aliphatic heterocycles. The number of benzene rings is 4. The minimum Gasteiger partial charge on any atom is -0.508 e. The van der Waals surface area contributed by atoms with E-state index in [4.69, 9.17) is 9.47 Å². The lowest BCUT2D eigenvalue weighted by Gasteiger charge is -2.62. The molecule has 7 aliphatic carbocycles. The second-order valence-electron chi connectivity index (χ2n) is 30.5. The number of β-amino-alcohol motifs (C(OH)–C–C–N with tert-alkyl or cyclic N) is 1. The van der Waals surface area contributed by atoms with E-state index in [1.807, 2.05) is 19.1 Å². The Morgan fingerprint density at radius 3 is 2.51 bits per heavy atom. The normalized spacial score (nSPS) is 34.9. The lowest BCUT2D eigenvalue weighted by atomic mass is 9.38. The number of hydrogen-bond acceptors (Lipinski definition) is 12. The van der Waals surface area contributed by atoms with Gasteiger partial charge in [0.15, 0.2) is 0 Å². The predicted molar refractivity (Wildman–Crippen MR) is 364 cm³/mol. The quantitative estimate of drug-likeness (QED) is 0.0310. The second-order valence-corrected chi connectivity index (χ2v) is 30.5. The minimum atomic E-state index is -1.12. The zero-order valence-electron chi connectivity index (χ0n) is 55.2. The molecule has 0 radical (unpaired) electrons. The third kappa shape index (κ3) is 11.2. The highest BCUT2D eigenvalue weighted by atomic mass is 16.6. The smallest absolute Gasteiger partial charge is 0.340 e. The number of esters is 2. The number of fused-ring (bicyclic) bond motifs is 9. The van der Waals surface area contributed by atoms with Crippen LogP contribution in [0.25, 0.3) is 16.7 Å². The summed E-state index contributed by atoms with van der Waals surface area (Å²) in [6.45, 7) is 9.91. The van der Waals surface area contributed by atoms with Crippen molar-refractivity contribution in [2.24, 2.45) is 57.7 Å². The van der Waals surface area contributed by atoms with Gasteiger partial charge in [0.1, 0.15) is 17.3 Å². The van der Waals surface area contributed by atoms with E-state index in [1.54, 1.807) is 6.07 Å². The maximum absolute atomic E-state index is 16.0. The highest BCUT2D eigenvalue weighted by Crippen LogP contribution is 2.77. The van der Waals surface area contributed by atoms with Crippen molar-refractivity contribution in [3.8, 4) is 28.7 Å². The summed E-state index contributed by atoms with van der Waals surface area (Å²) in [5.41, 5.74) is 8.08. The Labute approximate surface area is 551 Å². The first-order chi connectivity index (χ1) is 45.1. The molecule has 488 valence electrons. The fourth-order valence-electron chi connectivity index (χ4n) is 20.6. The van der Waals surface area contributed by atoms with E-state index < -0.39 is 27.9 Å². The standard InChI is InChI=1S/C81H97N5O7/c1-5-34-83-48-53-38-52-25-35-84-66-23-32-79-31-21-62-67(24-30-78(58-26-36-85-69(44-58)82-4)46-57-43-59(80(91)28-10-11-29-80)18-13-27-77(3,90)49-86-73(64(57)47-78)56(39-52)40-53)92-75(88)71(62)74(79)81-33-22-65(79)70(63-45-60(87)19-20-61(63)54-16-12-17-55(66)42-54)72(81)76(89)93-68(81)41-50(6-2)37-51-14-8-7-9-15-51/h7-9,12,14-17,19-20,23-24,32,38-42,45,50,57-59,64-66,69,73-74,82-87,90-91H,5-6,10-11,21-22,25-31,33-37,43-44,46-49H2,1-4H3. The van der Waals surface area contributed by atoms with Crippen molar-refractivity contribution in [2.75, 3.05) is 33.2 Å². The van der Waals surface area contributed by atoms with Crippen molar-refractivity contribution in [1.29, 1.82) is 0 Å². The van der Waals surface area contributed by atoms with Gasteiger partial charge in [-0.3, -0.25) is 0 Å². The number of phenols is 1. The molecule has 8 N–H and O–H groups in total.